The second-order valence-electron chi connectivity index (χ2n) is 6.01. The Kier molecular flexibility index (Phi) is 4.76. The van der Waals surface area contributed by atoms with Gasteiger partial charge in [-0.3, -0.25) is 0 Å². The molecule has 0 atom stereocenters. The molecule has 0 fully saturated rings. The number of fused-ring (bicyclic) bond motifs is 1. The van der Waals surface area contributed by atoms with Crippen LogP contribution in [-0.2, 0) is 10.0 Å². The van der Waals surface area contributed by atoms with Crippen LogP contribution in [0.15, 0.2) is 72.0 Å². The largest absolute Gasteiger partial charge is 0.340 e. The fourth-order valence-corrected chi connectivity index (χ4v) is 3.70. The Hall–Kier alpha value is -2.94. The van der Waals surface area contributed by atoms with Crippen LogP contribution in [0.1, 0.15) is 0 Å². The van der Waals surface area contributed by atoms with E-state index >= 15 is 0 Å². The predicted molar refractivity (Wildman–Crippen MR) is 110 cm³/mol. The minimum absolute atomic E-state index is 0.191. The molecule has 9 heteroatoms. The van der Waals surface area contributed by atoms with Crippen LogP contribution in [0.4, 0.5) is 11.5 Å². The van der Waals surface area contributed by atoms with E-state index in [4.69, 9.17) is 11.6 Å². The van der Waals surface area contributed by atoms with E-state index in [1.54, 1.807) is 36.4 Å². The van der Waals surface area contributed by atoms with Crippen LogP contribution in [0.5, 0.6) is 0 Å². The van der Waals surface area contributed by atoms with Crippen molar-refractivity contribution in [3.63, 3.8) is 0 Å². The lowest BCUT2D eigenvalue weighted by molar-refractivity contribution is 0.588. The Bertz CT molecular complexity index is 1250. The van der Waals surface area contributed by atoms with Crippen molar-refractivity contribution in [1.29, 1.82) is 0 Å². The summed E-state index contributed by atoms with van der Waals surface area (Å²) in [5, 5.41) is 4.75. The van der Waals surface area contributed by atoms with Crippen molar-refractivity contribution in [2.75, 3.05) is 12.4 Å². The molecule has 2 aromatic heterocycles. The molecule has 4 aromatic rings. The highest BCUT2D eigenvalue weighted by Gasteiger charge is 2.14. The van der Waals surface area contributed by atoms with Crippen LogP contribution in [0.3, 0.4) is 0 Å². The number of nitrogens with one attached hydrogen (secondary N) is 2. The summed E-state index contributed by atoms with van der Waals surface area (Å²) in [6, 6.07) is 15.9. The number of anilines is 2. The third-order valence-electron chi connectivity index (χ3n) is 4.26. The van der Waals surface area contributed by atoms with Gasteiger partial charge < -0.3 is 9.88 Å². The van der Waals surface area contributed by atoms with Crippen molar-refractivity contribution in [3.05, 3.63) is 72.1 Å². The monoisotopic (exact) mass is 413 g/mol. The van der Waals surface area contributed by atoms with Gasteiger partial charge in [-0.25, -0.2) is 23.1 Å². The highest BCUT2D eigenvalue weighted by molar-refractivity contribution is 7.89. The van der Waals surface area contributed by atoms with Gasteiger partial charge in [0, 0.05) is 28.4 Å². The first kappa shape index (κ1) is 18.4. The first-order valence-electron chi connectivity index (χ1n) is 8.36. The van der Waals surface area contributed by atoms with E-state index in [0.29, 0.717) is 16.7 Å². The molecule has 2 aromatic carbocycles. The lowest BCUT2D eigenvalue weighted by Gasteiger charge is -2.09. The van der Waals surface area contributed by atoms with E-state index in [-0.39, 0.29) is 4.90 Å². The third kappa shape index (κ3) is 3.57. The number of hydrogen-bond donors (Lipinski definition) is 2. The highest BCUT2D eigenvalue weighted by atomic mass is 35.5. The molecular weight excluding hydrogens is 398 g/mol. The maximum atomic E-state index is 12.1. The second-order valence-corrected chi connectivity index (χ2v) is 8.33. The average molecular weight is 414 g/mol. The number of aromatic nitrogens is 3. The maximum Gasteiger partial charge on any atom is 0.240 e. The quantitative estimate of drug-likeness (QED) is 0.520. The van der Waals surface area contributed by atoms with Crippen LogP contribution in [-0.4, -0.2) is 30.0 Å². The Morgan fingerprint density at radius 1 is 1.00 bits per heavy atom. The van der Waals surface area contributed by atoms with E-state index in [9.17, 15) is 8.42 Å². The minimum Gasteiger partial charge on any atom is -0.340 e. The summed E-state index contributed by atoms with van der Waals surface area (Å²) in [7, 11) is -2.15. The zero-order chi connectivity index (χ0) is 19.7. The molecule has 0 saturated heterocycles. The fraction of sp³-hybridized carbons (Fsp3) is 0.0526. The lowest BCUT2D eigenvalue weighted by atomic mass is 10.2. The SMILES string of the molecule is CNS(=O)(=O)c1ccc2ccn(-c3cc(Nc4ccc(Cl)cc4)ncn3)c2c1. The zero-order valence-electron chi connectivity index (χ0n) is 14.8. The molecule has 0 unspecified atom stereocenters. The number of rotatable bonds is 5. The number of hydrogen-bond acceptors (Lipinski definition) is 5. The van der Waals surface area contributed by atoms with Crippen LogP contribution in [0.25, 0.3) is 16.7 Å². The molecule has 0 bridgehead atoms. The van der Waals surface area contributed by atoms with E-state index in [1.807, 2.05) is 29.0 Å². The van der Waals surface area contributed by atoms with Gasteiger partial charge in [0.2, 0.25) is 10.0 Å². The molecule has 2 heterocycles. The molecule has 0 radical (unpaired) electrons. The summed E-state index contributed by atoms with van der Waals surface area (Å²) in [6.45, 7) is 0. The van der Waals surface area contributed by atoms with Crippen LogP contribution < -0.4 is 10.0 Å². The van der Waals surface area contributed by atoms with Crippen molar-refractivity contribution in [2.45, 2.75) is 4.90 Å². The van der Waals surface area contributed by atoms with Gasteiger partial charge in [0.25, 0.3) is 0 Å². The molecule has 4 rings (SSSR count). The topological polar surface area (TPSA) is 88.9 Å². The smallest absolute Gasteiger partial charge is 0.240 e. The zero-order valence-corrected chi connectivity index (χ0v) is 16.4. The number of benzene rings is 2. The van der Waals surface area contributed by atoms with Crippen molar-refractivity contribution < 1.29 is 8.42 Å². The Labute approximate surface area is 167 Å². The Balaban J connectivity index is 1.73. The number of nitrogens with zero attached hydrogens (tertiary/aromatic N) is 3. The number of sulfonamides is 1. The van der Waals surface area contributed by atoms with E-state index < -0.39 is 10.0 Å². The Morgan fingerprint density at radius 3 is 2.54 bits per heavy atom. The van der Waals surface area contributed by atoms with Gasteiger partial charge in [0.15, 0.2) is 0 Å². The van der Waals surface area contributed by atoms with Crippen molar-refractivity contribution in [1.82, 2.24) is 19.3 Å². The van der Waals surface area contributed by atoms with Crippen LogP contribution in [0.2, 0.25) is 5.02 Å². The molecule has 7 nitrogen and oxygen atoms in total. The van der Waals surface area contributed by atoms with E-state index in [1.165, 1.54) is 13.4 Å². The van der Waals surface area contributed by atoms with Crippen molar-refractivity contribution in [2.24, 2.45) is 0 Å². The minimum atomic E-state index is -3.54. The second kappa shape index (κ2) is 7.23. The van der Waals surface area contributed by atoms with Crippen molar-refractivity contribution >= 4 is 44.0 Å². The molecule has 0 spiro atoms. The number of halogens is 1. The van der Waals surface area contributed by atoms with Gasteiger partial charge in [-0.1, -0.05) is 17.7 Å². The molecular formula is C19H16ClN5O2S. The molecule has 0 amide bonds. The predicted octanol–water partition coefficient (Wildman–Crippen LogP) is 3.73. The molecule has 0 aliphatic rings. The van der Waals surface area contributed by atoms with Gasteiger partial charge in [-0.05, 0) is 49.5 Å². The summed E-state index contributed by atoms with van der Waals surface area (Å²) in [6.07, 6.45) is 3.29. The first-order valence-corrected chi connectivity index (χ1v) is 10.2. The molecule has 0 aliphatic heterocycles. The highest BCUT2D eigenvalue weighted by Crippen LogP contribution is 2.24. The normalized spacial score (nSPS) is 11.6. The Morgan fingerprint density at radius 2 is 1.79 bits per heavy atom. The average Bonchev–Trinajstić information content (AvgIpc) is 3.13. The maximum absolute atomic E-state index is 12.1. The molecule has 0 saturated carbocycles. The summed E-state index contributed by atoms with van der Waals surface area (Å²) in [5.41, 5.74) is 1.57. The molecule has 0 aliphatic carbocycles. The summed E-state index contributed by atoms with van der Waals surface area (Å²) in [4.78, 5) is 8.76. The van der Waals surface area contributed by atoms with Gasteiger partial charge in [0.1, 0.15) is 18.0 Å². The molecule has 28 heavy (non-hydrogen) atoms. The molecule has 2 N–H and O–H groups in total. The van der Waals surface area contributed by atoms with Gasteiger partial charge in [-0.15, -0.1) is 0 Å². The van der Waals surface area contributed by atoms with Gasteiger partial charge in [0.05, 0.1) is 10.4 Å². The third-order valence-corrected chi connectivity index (χ3v) is 5.92. The van der Waals surface area contributed by atoms with E-state index in [2.05, 4.69) is 20.0 Å². The first-order chi connectivity index (χ1) is 13.5. The summed E-state index contributed by atoms with van der Waals surface area (Å²) in [5.74, 6) is 1.22. The van der Waals surface area contributed by atoms with E-state index in [0.717, 1.165) is 16.6 Å². The lowest BCUT2D eigenvalue weighted by Crippen LogP contribution is -2.18. The summed E-state index contributed by atoms with van der Waals surface area (Å²) >= 11 is 5.91. The summed E-state index contributed by atoms with van der Waals surface area (Å²) < 4.78 is 28.4. The van der Waals surface area contributed by atoms with Crippen LogP contribution in [0, 0.1) is 0 Å². The van der Waals surface area contributed by atoms with Gasteiger partial charge in [-0.2, -0.15) is 0 Å². The fourth-order valence-electron chi connectivity index (χ4n) is 2.82. The van der Waals surface area contributed by atoms with Gasteiger partial charge >= 0.3 is 0 Å². The standard InChI is InChI=1S/C19H16ClN5O2S/c1-21-28(26,27)16-7-2-13-8-9-25(17(13)10-16)19-11-18(22-12-23-19)24-15-5-3-14(20)4-6-15/h2-12,21H,1H3,(H,22,23,24). The molecule has 142 valence electrons. The van der Waals surface area contributed by atoms with Crippen molar-refractivity contribution in [3.8, 4) is 5.82 Å². The van der Waals surface area contributed by atoms with Crippen LogP contribution >= 0.6 is 11.6 Å².